The van der Waals surface area contributed by atoms with Crippen molar-refractivity contribution >= 4 is 17.3 Å². The fraction of sp³-hybridized carbons (Fsp3) is 0.333. The smallest absolute Gasteiger partial charge is 0.283 e. The molecule has 0 amide bonds. The number of rotatable bonds is 5. The lowest BCUT2D eigenvalue weighted by molar-refractivity contribution is -0.384. The monoisotopic (exact) mass is 296 g/mol. The van der Waals surface area contributed by atoms with Gasteiger partial charge in [-0.3, -0.25) is 10.1 Å². The summed E-state index contributed by atoms with van der Waals surface area (Å²) in [6.07, 6.45) is 0. The molecule has 20 heavy (non-hydrogen) atoms. The van der Waals surface area contributed by atoms with Crippen LogP contribution >= 0.6 is 11.6 Å². The molecule has 0 unspecified atom stereocenters. The third-order valence-electron chi connectivity index (χ3n) is 2.54. The van der Waals surface area contributed by atoms with Crippen molar-refractivity contribution in [3.63, 3.8) is 0 Å². The summed E-state index contributed by atoms with van der Waals surface area (Å²) in [6.45, 7) is 4.39. The average Bonchev–Trinajstić information content (AvgIpc) is 2.84. The fourth-order valence-corrected chi connectivity index (χ4v) is 1.85. The molecule has 2 rings (SSSR count). The standard InChI is InChI=1S/C12H13ClN4O3/c1-7(2)14-6-10-15-12(20-16-10)11-8(13)4-3-5-9(11)17(18)19/h3-5,7,14H,6H2,1-2H3. The van der Waals surface area contributed by atoms with Gasteiger partial charge in [0.2, 0.25) is 0 Å². The molecular formula is C12H13ClN4O3. The van der Waals surface area contributed by atoms with Gasteiger partial charge in [-0.25, -0.2) is 0 Å². The number of nitrogens with zero attached hydrogens (tertiary/aromatic N) is 3. The van der Waals surface area contributed by atoms with Crippen molar-refractivity contribution in [1.82, 2.24) is 15.5 Å². The number of nitro benzene ring substituents is 1. The summed E-state index contributed by atoms with van der Waals surface area (Å²) in [5.41, 5.74) is -0.0213. The summed E-state index contributed by atoms with van der Waals surface area (Å²) in [6, 6.07) is 4.66. The van der Waals surface area contributed by atoms with Crippen LogP contribution in [0.1, 0.15) is 19.7 Å². The van der Waals surface area contributed by atoms with Crippen molar-refractivity contribution < 1.29 is 9.45 Å². The van der Waals surface area contributed by atoms with E-state index in [1.54, 1.807) is 6.07 Å². The van der Waals surface area contributed by atoms with E-state index in [1.165, 1.54) is 12.1 Å². The molecule has 1 heterocycles. The second kappa shape index (κ2) is 5.98. The van der Waals surface area contributed by atoms with Crippen LogP contribution in [0.25, 0.3) is 11.5 Å². The van der Waals surface area contributed by atoms with Crippen LogP contribution in [0, 0.1) is 10.1 Å². The number of aromatic nitrogens is 2. The van der Waals surface area contributed by atoms with Crippen molar-refractivity contribution in [2.45, 2.75) is 26.4 Å². The Morgan fingerprint density at radius 1 is 1.50 bits per heavy atom. The quantitative estimate of drug-likeness (QED) is 0.673. The first-order chi connectivity index (χ1) is 9.49. The molecule has 0 radical (unpaired) electrons. The molecule has 2 aromatic rings. The van der Waals surface area contributed by atoms with Crippen molar-refractivity contribution in [2.75, 3.05) is 0 Å². The van der Waals surface area contributed by atoms with Gasteiger partial charge in [0, 0.05) is 12.1 Å². The lowest BCUT2D eigenvalue weighted by atomic mass is 10.2. The Hall–Kier alpha value is -1.99. The van der Waals surface area contributed by atoms with Crippen LogP contribution in [0.2, 0.25) is 5.02 Å². The average molecular weight is 297 g/mol. The second-order valence-corrected chi connectivity index (χ2v) is 4.85. The maximum absolute atomic E-state index is 11.0. The highest BCUT2D eigenvalue weighted by molar-refractivity contribution is 6.33. The third-order valence-corrected chi connectivity index (χ3v) is 2.85. The highest BCUT2D eigenvalue weighted by atomic mass is 35.5. The van der Waals surface area contributed by atoms with E-state index in [9.17, 15) is 10.1 Å². The molecule has 0 spiro atoms. The molecule has 106 valence electrons. The van der Waals surface area contributed by atoms with E-state index in [2.05, 4.69) is 15.5 Å². The number of hydrogen-bond donors (Lipinski definition) is 1. The number of hydrogen-bond acceptors (Lipinski definition) is 6. The Morgan fingerprint density at radius 2 is 2.25 bits per heavy atom. The van der Waals surface area contributed by atoms with E-state index < -0.39 is 4.92 Å². The van der Waals surface area contributed by atoms with Gasteiger partial charge in [-0.05, 0) is 6.07 Å². The molecule has 0 aliphatic carbocycles. The summed E-state index contributed by atoms with van der Waals surface area (Å²) in [5, 5.41) is 18.1. The highest BCUT2D eigenvalue weighted by Gasteiger charge is 2.23. The van der Waals surface area contributed by atoms with E-state index >= 15 is 0 Å². The van der Waals surface area contributed by atoms with Crippen LogP contribution in [0.3, 0.4) is 0 Å². The molecule has 1 aromatic carbocycles. The zero-order chi connectivity index (χ0) is 14.7. The fourth-order valence-electron chi connectivity index (χ4n) is 1.60. The first-order valence-corrected chi connectivity index (χ1v) is 6.36. The molecule has 7 nitrogen and oxygen atoms in total. The first kappa shape index (κ1) is 14.4. The van der Waals surface area contributed by atoms with Crippen molar-refractivity contribution in [2.24, 2.45) is 0 Å². The number of halogens is 1. The van der Waals surface area contributed by atoms with Gasteiger partial charge < -0.3 is 9.84 Å². The topological polar surface area (TPSA) is 94.1 Å². The molecule has 0 aliphatic heterocycles. The van der Waals surface area contributed by atoms with Gasteiger partial charge in [-0.2, -0.15) is 4.98 Å². The zero-order valence-electron chi connectivity index (χ0n) is 11.0. The molecule has 0 saturated heterocycles. The summed E-state index contributed by atoms with van der Waals surface area (Å²) < 4.78 is 5.06. The Balaban J connectivity index is 2.35. The van der Waals surface area contributed by atoms with Gasteiger partial charge in [-0.1, -0.05) is 36.7 Å². The van der Waals surface area contributed by atoms with Crippen LogP contribution in [-0.4, -0.2) is 21.1 Å². The van der Waals surface area contributed by atoms with E-state index in [0.29, 0.717) is 12.4 Å². The normalized spacial score (nSPS) is 11.0. The largest absolute Gasteiger partial charge is 0.334 e. The van der Waals surface area contributed by atoms with Crippen molar-refractivity contribution in [3.05, 3.63) is 39.2 Å². The van der Waals surface area contributed by atoms with E-state index in [0.717, 1.165) is 0 Å². The first-order valence-electron chi connectivity index (χ1n) is 5.98. The van der Waals surface area contributed by atoms with Gasteiger partial charge in [0.15, 0.2) is 5.82 Å². The summed E-state index contributed by atoms with van der Waals surface area (Å²) in [5.74, 6) is 0.464. The molecule has 0 fully saturated rings. The van der Waals surface area contributed by atoms with Gasteiger partial charge in [0.1, 0.15) is 5.56 Å². The SMILES string of the molecule is CC(C)NCc1noc(-c2c(Cl)cccc2[N+](=O)[O-])n1. The lowest BCUT2D eigenvalue weighted by Crippen LogP contribution is -2.22. The summed E-state index contributed by atoms with van der Waals surface area (Å²) in [7, 11) is 0. The maximum Gasteiger partial charge on any atom is 0.283 e. The van der Waals surface area contributed by atoms with Crippen LogP contribution in [0.15, 0.2) is 22.7 Å². The Labute approximate surface area is 120 Å². The lowest BCUT2D eigenvalue weighted by Gasteiger charge is -2.03. The molecule has 0 atom stereocenters. The van der Waals surface area contributed by atoms with Crippen LogP contribution < -0.4 is 5.32 Å². The van der Waals surface area contributed by atoms with E-state index in [-0.39, 0.29) is 28.2 Å². The molecule has 1 N–H and O–H groups in total. The van der Waals surface area contributed by atoms with Gasteiger partial charge in [0.05, 0.1) is 16.5 Å². The van der Waals surface area contributed by atoms with Gasteiger partial charge >= 0.3 is 0 Å². The number of nitrogens with one attached hydrogen (secondary N) is 1. The molecular weight excluding hydrogens is 284 g/mol. The van der Waals surface area contributed by atoms with Crippen LogP contribution in [0.4, 0.5) is 5.69 Å². The summed E-state index contributed by atoms with van der Waals surface area (Å²) in [4.78, 5) is 14.6. The summed E-state index contributed by atoms with van der Waals surface area (Å²) >= 11 is 6.00. The molecule has 1 aromatic heterocycles. The van der Waals surface area contributed by atoms with Crippen molar-refractivity contribution in [1.29, 1.82) is 0 Å². The zero-order valence-corrected chi connectivity index (χ0v) is 11.7. The minimum Gasteiger partial charge on any atom is -0.334 e. The molecule has 8 heteroatoms. The minimum atomic E-state index is -0.530. The second-order valence-electron chi connectivity index (χ2n) is 4.44. The van der Waals surface area contributed by atoms with Crippen molar-refractivity contribution in [3.8, 4) is 11.5 Å². The van der Waals surface area contributed by atoms with E-state index in [1.807, 2.05) is 13.8 Å². The minimum absolute atomic E-state index is 0.0443. The Morgan fingerprint density at radius 3 is 2.90 bits per heavy atom. The third kappa shape index (κ3) is 3.12. The van der Waals surface area contributed by atoms with Crippen LogP contribution in [-0.2, 0) is 6.54 Å². The van der Waals surface area contributed by atoms with Crippen LogP contribution in [0.5, 0.6) is 0 Å². The Bertz CT molecular complexity index is 627. The van der Waals surface area contributed by atoms with E-state index in [4.69, 9.17) is 16.1 Å². The number of nitro groups is 1. The molecule has 0 bridgehead atoms. The maximum atomic E-state index is 11.0. The predicted octanol–water partition coefficient (Wildman–Crippen LogP) is 2.80. The molecule has 0 aliphatic rings. The number of benzene rings is 1. The molecule has 0 saturated carbocycles. The van der Waals surface area contributed by atoms with Gasteiger partial charge in [-0.15, -0.1) is 0 Å². The van der Waals surface area contributed by atoms with Gasteiger partial charge in [0.25, 0.3) is 11.6 Å². The highest BCUT2D eigenvalue weighted by Crippen LogP contribution is 2.34. The Kier molecular flexibility index (Phi) is 4.31. The predicted molar refractivity (Wildman–Crippen MR) is 73.4 cm³/mol.